The molecule has 0 unspecified atom stereocenters. The molecular weight excluding hydrogens is 142 g/mol. The molecule has 0 atom stereocenters. The van der Waals surface area contributed by atoms with E-state index >= 15 is 0 Å². The number of Topliss-reactive ketones (excluding diaryl/α,β-unsaturated/α-hetero) is 1. The lowest BCUT2D eigenvalue weighted by molar-refractivity contribution is -0.124. The molecule has 3 heteroatoms. The summed E-state index contributed by atoms with van der Waals surface area (Å²) in [5.41, 5.74) is 4.17. The molecule has 0 heterocycles. The van der Waals surface area contributed by atoms with Crippen molar-refractivity contribution in [3.05, 3.63) is 0 Å². The molecule has 0 saturated carbocycles. The smallest absolute Gasteiger partial charge is 0.204 e. The van der Waals surface area contributed by atoms with Gasteiger partial charge in [-0.15, -0.1) is 0 Å². The van der Waals surface area contributed by atoms with Gasteiger partial charge in [0.05, 0.1) is 0 Å². The predicted molar refractivity (Wildman–Crippen MR) is 44.9 cm³/mol. The number of amides is 1. The molecular formula is C8H17NO2. The fourth-order valence-corrected chi connectivity index (χ4v) is 0.667. The van der Waals surface area contributed by atoms with Crippen LogP contribution in [0.15, 0.2) is 0 Å². The average Bonchev–Trinajstić information content (AvgIpc) is 1.87. The molecule has 0 aromatic rings. The van der Waals surface area contributed by atoms with Gasteiger partial charge >= 0.3 is 0 Å². The van der Waals surface area contributed by atoms with Crippen molar-refractivity contribution in [3.8, 4) is 0 Å². The molecule has 3 nitrogen and oxygen atoms in total. The second kappa shape index (κ2) is 7.25. The quantitative estimate of drug-likeness (QED) is 0.610. The molecule has 2 N–H and O–H groups in total. The number of carbonyl (C=O) groups excluding carboxylic acids is 2. The van der Waals surface area contributed by atoms with Crippen molar-refractivity contribution < 1.29 is 9.59 Å². The van der Waals surface area contributed by atoms with Gasteiger partial charge in [0.25, 0.3) is 0 Å². The number of hydrogen-bond donors (Lipinski definition) is 1. The topological polar surface area (TPSA) is 60.2 Å². The van der Waals surface area contributed by atoms with Crippen molar-refractivity contribution in [2.45, 2.75) is 27.7 Å². The Kier molecular flexibility index (Phi) is 8.43. The molecule has 66 valence electrons. The van der Waals surface area contributed by atoms with Crippen LogP contribution in [-0.2, 0) is 9.59 Å². The summed E-state index contributed by atoms with van der Waals surface area (Å²) in [5.74, 6) is 0.759. The molecule has 0 rings (SSSR count). The fraction of sp³-hybridized carbons (Fsp3) is 0.750. The van der Waals surface area contributed by atoms with Crippen LogP contribution in [0.1, 0.15) is 27.7 Å². The average molecular weight is 159 g/mol. The minimum Gasteiger partial charge on any atom is -0.372 e. The van der Waals surface area contributed by atoms with E-state index in [4.69, 9.17) is 4.79 Å². The number of nitrogens with two attached hydrogens (primary N) is 1. The van der Waals surface area contributed by atoms with Crippen molar-refractivity contribution in [2.24, 2.45) is 17.6 Å². The maximum absolute atomic E-state index is 10.8. The van der Waals surface area contributed by atoms with Crippen LogP contribution in [0.3, 0.4) is 0 Å². The number of carbonyl (C=O) groups is 2. The lowest BCUT2D eigenvalue weighted by Gasteiger charge is -2.05. The molecule has 0 aliphatic heterocycles. The van der Waals surface area contributed by atoms with Crippen molar-refractivity contribution in [1.82, 2.24) is 0 Å². The Balaban J connectivity index is 0. The number of rotatable bonds is 2. The van der Waals surface area contributed by atoms with Gasteiger partial charge in [0.2, 0.25) is 6.41 Å². The summed E-state index contributed by atoms with van der Waals surface area (Å²) < 4.78 is 0. The van der Waals surface area contributed by atoms with Crippen LogP contribution in [0.5, 0.6) is 0 Å². The van der Waals surface area contributed by atoms with Gasteiger partial charge in [-0.3, -0.25) is 9.59 Å². The van der Waals surface area contributed by atoms with E-state index in [1.807, 2.05) is 27.7 Å². The third kappa shape index (κ3) is 9.14. The molecule has 0 aliphatic rings. The van der Waals surface area contributed by atoms with E-state index in [0.29, 0.717) is 5.78 Å². The highest BCUT2D eigenvalue weighted by molar-refractivity contribution is 5.81. The molecule has 11 heavy (non-hydrogen) atoms. The monoisotopic (exact) mass is 159 g/mol. The number of ketones is 1. The van der Waals surface area contributed by atoms with Crippen LogP contribution in [0.2, 0.25) is 0 Å². The second-order valence-electron chi connectivity index (χ2n) is 2.85. The summed E-state index contributed by atoms with van der Waals surface area (Å²) in [6.07, 6.45) is 0.250. The van der Waals surface area contributed by atoms with Crippen LogP contribution in [0.25, 0.3) is 0 Å². The van der Waals surface area contributed by atoms with Crippen LogP contribution in [-0.4, -0.2) is 12.2 Å². The highest BCUT2D eigenvalue weighted by Gasteiger charge is 2.09. The first kappa shape index (κ1) is 12.8. The summed E-state index contributed by atoms with van der Waals surface area (Å²) in [4.78, 5) is 19.4. The van der Waals surface area contributed by atoms with Gasteiger partial charge < -0.3 is 5.73 Å². The molecule has 0 saturated heterocycles. The zero-order valence-corrected chi connectivity index (χ0v) is 7.63. The van der Waals surface area contributed by atoms with Gasteiger partial charge in [-0.2, -0.15) is 0 Å². The van der Waals surface area contributed by atoms with Crippen LogP contribution in [0.4, 0.5) is 0 Å². The van der Waals surface area contributed by atoms with E-state index in [1.54, 1.807) is 0 Å². The normalized spacial score (nSPS) is 8.91. The first-order chi connectivity index (χ1) is 4.97. The molecule has 0 radical (unpaired) electrons. The largest absolute Gasteiger partial charge is 0.372 e. The molecule has 0 fully saturated rings. The van der Waals surface area contributed by atoms with E-state index in [9.17, 15) is 4.79 Å². The van der Waals surface area contributed by atoms with Crippen LogP contribution in [0, 0.1) is 11.8 Å². The minimum absolute atomic E-state index is 0.204. The molecule has 0 spiro atoms. The van der Waals surface area contributed by atoms with Crippen LogP contribution < -0.4 is 5.73 Å². The Morgan fingerprint density at radius 1 is 1.18 bits per heavy atom. The molecule has 0 aliphatic carbocycles. The van der Waals surface area contributed by atoms with Crippen molar-refractivity contribution >= 4 is 12.2 Å². The van der Waals surface area contributed by atoms with Crippen LogP contribution >= 0.6 is 0 Å². The van der Waals surface area contributed by atoms with E-state index in [1.165, 1.54) is 0 Å². The van der Waals surface area contributed by atoms with Gasteiger partial charge in [0, 0.05) is 11.8 Å². The summed E-state index contributed by atoms with van der Waals surface area (Å²) in [6.45, 7) is 7.73. The summed E-state index contributed by atoms with van der Waals surface area (Å²) in [5, 5.41) is 0. The van der Waals surface area contributed by atoms with E-state index in [0.717, 1.165) is 0 Å². The molecule has 0 bridgehead atoms. The first-order valence-corrected chi connectivity index (χ1v) is 3.66. The first-order valence-electron chi connectivity index (χ1n) is 3.66. The van der Waals surface area contributed by atoms with E-state index in [-0.39, 0.29) is 18.2 Å². The Morgan fingerprint density at radius 3 is 1.36 bits per heavy atom. The number of primary amides is 1. The van der Waals surface area contributed by atoms with Crippen molar-refractivity contribution in [2.75, 3.05) is 0 Å². The molecule has 0 aromatic carbocycles. The predicted octanol–water partition coefficient (Wildman–Crippen LogP) is 0.969. The third-order valence-corrected chi connectivity index (χ3v) is 1.14. The standard InChI is InChI=1S/C7H14O.CH3NO/c1-5(2)7(8)6(3)4;2-1-3/h5-6H,1-4H3;1H,(H2,2,3). The zero-order valence-electron chi connectivity index (χ0n) is 7.63. The summed E-state index contributed by atoms with van der Waals surface area (Å²) >= 11 is 0. The van der Waals surface area contributed by atoms with Gasteiger partial charge in [0.1, 0.15) is 5.78 Å². The van der Waals surface area contributed by atoms with Gasteiger partial charge in [-0.1, -0.05) is 27.7 Å². The van der Waals surface area contributed by atoms with Crippen molar-refractivity contribution in [1.29, 1.82) is 0 Å². The lowest BCUT2D eigenvalue weighted by atomic mass is 9.99. The fourth-order valence-electron chi connectivity index (χ4n) is 0.667. The summed E-state index contributed by atoms with van der Waals surface area (Å²) in [6, 6.07) is 0. The lowest BCUT2D eigenvalue weighted by Crippen LogP contribution is -2.13. The second-order valence-corrected chi connectivity index (χ2v) is 2.85. The Hall–Kier alpha value is -0.860. The van der Waals surface area contributed by atoms with E-state index in [2.05, 4.69) is 5.73 Å². The Morgan fingerprint density at radius 2 is 1.36 bits per heavy atom. The SMILES string of the molecule is CC(C)C(=O)C(C)C.NC=O. The van der Waals surface area contributed by atoms with Crippen molar-refractivity contribution in [3.63, 3.8) is 0 Å². The van der Waals surface area contributed by atoms with Gasteiger partial charge in [0.15, 0.2) is 0 Å². The van der Waals surface area contributed by atoms with Gasteiger partial charge in [-0.25, -0.2) is 0 Å². The Bertz CT molecular complexity index is 109. The van der Waals surface area contributed by atoms with Gasteiger partial charge in [-0.05, 0) is 0 Å². The Labute approximate surface area is 68.0 Å². The maximum atomic E-state index is 10.8. The number of hydrogen-bond acceptors (Lipinski definition) is 2. The molecule has 1 amide bonds. The third-order valence-electron chi connectivity index (χ3n) is 1.14. The minimum atomic E-state index is 0.204. The highest BCUT2D eigenvalue weighted by Crippen LogP contribution is 2.03. The molecule has 0 aromatic heterocycles. The zero-order chi connectivity index (χ0) is 9.44. The summed E-state index contributed by atoms with van der Waals surface area (Å²) in [7, 11) is 0. The maximum Gasteiger partial charge on any atom is 0.204 e. The highest BCUT2D eigenvalue weighted by atomic mass is 16.1. The van der Waals surface area contributed by atoms with E-state index < -0.39 is 0 Å².